The quantitative estimate of drug-likeness (QED) is 0.546. The highest BCUT2D eigenvalue weighted by atomic mass is 35.5. The first-order valence-electron chi connectivity index (χ1n) is 9.17. The van der Waals surface area contributed by atoms with Crippen molar-refractivity contribution in [3.05, 3.63) is 55.9 Å². The topological polar surface area (TPSA) is 52.9 Å². The first-order chi connectivity index (χ1) is 13.2. The second kappa shape index (κ2) is 8.29. The number of anilines is 1. The van der Waals surface area contributed by atoms with Crippen LogP contribution in [0.15, 0.2) is 24.3 Å². The van der Waals surface area contributed by atoms with Gasteiger partial charge in [0.2, 0.25) is 5.91 Å². The molecule has 1 aromatic carbocycles. The van der Waals surface area contributed by atoms with Crippen LogP contribution in [0.4, 0.5) is 5.00 Å². The fourth-order valence-electron chi connectivity index (χ4n) is 3.49. The molecule has 3 rings (SSSR count). The molecule has 0 aliphatic heterocycles. The van der Waals surface area contributed by atoms with Crippen LogP contribution in [0.5, 0.6) is 0 Å². The SMILES string of the molecule is CC(C)(C)C1CCc2c(sc(NC(=O)C=Cc3ccc(Cl)cc3Cl)c2C#N)C1. The molecule has 0 bridgehead atoms. The maximum atomic E-state index is 12.4. The van der Waals surface area contributed by atoms with Crippen molar-refractivity contribution < 1.29 is 4.79 Å². The average Bonchev–Trinajstić information content (AvgIpc) is 2.96. The zero-order valence-corrected chi connectivity index (χ0v) is 18.4. The molecule has 0 spiro atoms. The summed E-state index contributed by atoms with van der Waals surface area (Å²) in [6, 6.07) is 7.40. The van der Waals surface area contributed by atoms with E-state index in [4.69, 9.17) is 23.2 Å². The number of hydrogen-bond acceptors (Lipinski definition) is 3. The molecular formula is C22H22Cl2N2OS. The molecule has 1 aliphatic carbocycles. The van der Waals surface area contributed by atoms with E-state index in [0.717, 1.165) is 24.8 Å². The number of halogens is 2. The fourth-order valence-corrected chi connectivity index (χ4v) is 5.24. The second-order valence-corrected chi connectivity index (χ2v) is 10.1. The predicted octanol–water partition coefficient (Wildman–Crippen LogP) is 6.73. The van der Waals surface area contributed by atoms with Crippen molar-refractivity contribution in [1.29, 1.82) is 5.26 Å². The Morgan fingerprint density at radius 3 is 2.75 bits per heavy atom. The standard InChI is InChI=1S/C22H22Cl2N2OS/c1-22(2,3)14-6-8-16-17(12-25)21(28-19(16)10-14)26-20(27)9-5-13-4-7-15(23)11-18(13)24/h4-5,7,9,11,14H,6,8,10H2,1-3H3,(H,26,27). The van der Waals surface area contributed by atoms with Crippen molar-refractivity contribution in [3.8, 4) is 6.07 Å². The summed E-state index contributed by atoms with van der Waals surface area (Å²) in [7, 11) is 0. The molecule has 1 unspecified atom stereocenters. The Balaban J connectivity index is 1.78. The van der Waals surface area contributed by atoms with E-state index in [1.165, 1.54) is 22.3 Å². The highest BCUT2D eigenvalue weighted by Gasteiger charge is 2.32. The molecule has 6 heteroatoms. The van der Waals surface area contributed by atoms with Gasteiger partial charge in [0, 0.05) is 21.0 Å². The summed E-state index contributed by atoms with van der Waals surface area (Å²) < 4.78 is 0. The lowest BCUT2D eigenvalue weighted by Gasteiger charge is -2.33. The van der Waals surface area contributed by atoms with Crippen LogP contribution >= 0.6 is 34.5 Å². The molecule has 28 heavy (non-hydrogen) atoms. The Morgan fingerprint density at radius 1 is 1.36 bits per heavy atom. The summed E-state index contributed by atoms with van der Waals surface area (Å²) in [5.74, 6) is 0.300. The number of amides is 1. The Bertz CT molecular complexity index is 980. The van der Waals surface area contributed by atoms with Gasteiger partial charge < -0.3 is 5.32 Å². The molecule has 1 atom stereocenters. The molecule has 3 nitrogen and oxygen atoms in total. The molecule has 2 aromatic rings. The van der Waals surface area contributed by atoms with Gasteiger partial charge in [-0.15, -0.1) is 11.3 Å². The van der Waals surface area contributed by atoms with Crippen LogP contribution in [0.3, 0.4) is 0 Å². The number of nitrogens with zero attached hydrogens (tertiary/aromatic N) is 1. The average molecular weight is 433 g/mol. The summed E-state index contributed by atoms with van der Waals surface area (Å²) in [6.07, 6.45) is 5.99. The minimum absolute atomic E-state index is 0.235. The van der Waals surface area contributed by atoms with Gasteiger partial charge in [-0.2, -0.15) is 5.26 Å². The molecule has 1 N–H and O–H groups in total. The second-order valence-electron chi connectivity index (χ2n) is 8.11. The Labute approximate surface area is 180 Å². The first kappa shape index (κ1) is 20.9. The van der Waals surface area contributed by atoms with Crippen LogP contribution in [-0.4, -0.2) is 5.91 Å². The van der Waals surface area contributed by atoms with Gasteiger partial charge in [0.25, 0.3) is 0 Å². The number of benzene rings is 1. The minimum atomic E-state index is -0.284. The maximum Gasteiger partial charge on any atom is 0.249 e. The van der Waals surface area contributed by atoms with Crippen molar-refractivity contribution in [3.63, 3.8) is 0 Å². The molecule has 146 valence electrons. The van der Waals surface area contributed by atoms with E-state index < -0.39 is 0 Å². The normalized spacial score (nSPS) is 16.6. The maximum absolute atomic E-state index is 12.4. The molecule has 0 saturated heterocycles. The van der Waals surface area contributed by atoms with Gasteiger partial charge in [-0.3, -0.25) is 4.79 Å². The molecule has 1 aliphatic rings. The van der Waals surface area contributed by atoms with E-state index in [2.05, 4.69) is 32.2 Å². The number of hydrogen-bond donors (Lipinski definition) is 1. The molecule has 0 fully saturated rings. The van der Waals surface area contributed by atoms with Crippen LogP contribution in [-0.2, 0) is 17.6 Å². The number of rotatable bonds is 3. The Kier molecular flexibility index (Phi) is 6.19. The smallest absolute Gasteiger partial charge is 0.249 e. The third-order valence-electron chi connectivity index (χ3n) is 5.22. The van der Waals surface area contributed by atoms with E-state index in [0.29, 0.717) is 32.1 Å². The Morgan fingerprint density at radius 2 is 2.11 bits per heavy atom. The lowest BCUT2D eigenvalue weighted by Crippen LogP contribution is -2.26. The Hall–Kier alpha value is -1.80. The highest BCUT2D eigenvalue weighted by Crippen LogP contribution is 2.44. The number of nitrogens with one attached hydrogen (secondary N) is 1. The summed E-state index contributed by atoms with van der Waals surface area (Å²) in [5, 5.41) is 14.2. The predicted molar refractivity (Wildman–Crippen MR) is 118 cm³/mol. The lowest BCUT2D eigenvalue weighted by atomic mass is 9.72. The van der Waals surface area contributed by atoms with Gasteiger partial charge in [-0.1, -0.05) is 50.0 Å². The van der Waals surface area contributed by atoms with Crippen molar-refractivity contribution in [2.24, 2.45) is 11.3 Å². The minimum Gasteiger partial charge on any atom is -0.313 e. The molecule has 0 radical (unpaired) electrons. The van der Waals surface area contributed by atoms with Gasteiger partial charge >= 0.3 is 0 Å². The summed E-state index contributed by atoms with van der Waals surface area (Å²) in [6.45, 7) is 6.78. The zero-order chi connectivity index (χ0) is 20.5. The molecule has 1 amide bonds. The van der Waals surface area contributed by atoms with E-state index in [9.17, 15) is 10.1 Å². The van der Waals surface area contributed by atoms with Crippen molar-refractivity contribution in [2.45, 2.75) is 40.0 Å². The van der Waals surface area contributed by atoms with Crippen LogP contribution in [0.2, 0.25) is 10.0 Å². The molecule has 0 saturated carbocycles. The summed E-state index contributed by atoms with van der Waals surface area (Å²) in [4.78, 5) is 13.6. The van der Waals surface area contributed by atoms with Crippen molar-refractivity contribution >= 4 is 51.5 Å². The van der Waals surface area contributed by atoms with Gasteiger partial charge in [0.05, 0.1) is 5.56 Å². The van der Waals surface area contributed by atoms with Gasteiger partial charge in [0.15, 0.2) is 0 Å². The third kappa shape index (κ3) is 4.60. The van der Waals surface area contributed by atoms with Crippen LogP contribution in [0, 0.1) is 22.7 Å². The molecule has 1 heterocycles. The highest BCUT2D eigenvalue weighted by molar-refractivity contribution is 7.16. The van der Waals surface area contributed by atoms with E-state index in [1.807, 2.05) is 0 Å². The van der Waals surface area contributed by atoms with E-state index in [-0.39, 0.29) is 11.3 Å². The van der Waals surface area contributed by atoms with Gasteiger partial charge in [-0.25, -0.2) is 0 Å². The summed E-state index contributed by atoms with van der Waals surface area (Å²) in [5.41, 5.74) is 2.66. The van der Waals surface area contributed by atoms with Crippen molar-refractivity contribution in [1.82, 2.24) is 0 Å². The fraction of sp³-hybridized carbons (Fsp3) is 0.364. The number of carbonyl (C=O) groups excluding carboxylic acids is 1. The van der Waals surface area contributed by atoms with Crippen LogP contribution in [0.1, 0.15) is 48.8 Å². The third-order valence-corrected chi connectivity index (χ3v) is 6.95. The molecular weight excluding hydrogens is 411 g/mol. The van der Waals surface area contributed by atoms with Gasteiger partial charge in [-0.05, 0) is 59.9 Å². The molecule has 1 aromatic heterocycles. The van der Waals surface area contributed by atoms with E-state index in [1.54, 1.807) is 24.3 Å². The number of nitriles is 1. The number of fused-ring (bicyclic) bond motifs is 1. The van der Waals surface area contributed by atoms with Gasteiger partial charge in [0.1, 0.15) is 11.1 Å². The van der Waals surface area contributed by atoms with Crippen LogP contribution in [0.25, 0.3) is 6.08 Å². The van der Waals surface area contributed by atoms with E-state index >= 15 is 0 Å². The number of carbonyl (C=O) groups is 1. The first-order valence-corrected chi connectivity index (χ1v) is 10.7. The lowest BCUT2D eigenvalue weighted by molar-refractivity contribution is -0.111. The van der Waals surface area contributed by atoms with Crippen molar-refractivity contribution in [2.75, 3.05) is 5.32 Å². The number of thiophene rings is 1. The van der Waals surface area contributed by atoms with Crippen LogP contribution < -0.4 is 5.32 Å². The monoisotopic (exact) mass is 432 g/mol. The zero-order valence-electron chi connectivity index (χ0n) is 16.1. The summed E-state index contributed by atoms with van der Waals surface area (Å²) >= 11 is 13.6. The largest absolute Gasteiger partial charge is 0.313 e.